The molecule has 0 bridgehead atoms. The minimum absolute atomic E-state index is 0.310. The van der Waals surface area contributed by atoms with Gasteiger partial charge in [0.05, 0.1) is 6.61 Å². The zero-order valence-electron chi connectivity index (χ0n) is 12.2. The van der Waals surface area contributed by atoms with Crippen molar-refractivity contribution in [3.63, 3.8) is 0 Å². The monoisotopic (exact) mass is 279 g/mol. The third kappa shape index (κ3) is 2.84. The number of piperidine rings is 1. The molecule has 1 N–H and O–H groups in total. The van der Waals surface area contributed by atoms with Gasteiger partial charge in [0.15, 0.2) is 0 Å². The summed E-state index contributed by atoms with van der Waals surface area (Å²) >= 11 is 0. The fourth-order valence-corrected chi connectivity index (χ4v) is 2.77. The highest BCUT2D eigenvalue weighted by atomic mass is 16.5. The smallest absolute Gasteiger partial charge is 0.326 e. The van der Waals surface area contributed by atoms with Crippen molar-refractivity contribution < 1.29 is 14.6 Å². The van der Waals surface area contributed by atoms with Gasteiger partial charge in [-0.15, -0.1) is 0 Å². The van der Waals surface area contributed by atoms with Gasteiger partial charge in [0.2, 0.25) is 11.8 Å². The Morgan fingerprint density at radius 2 is 2.35 bits per heavy atom. The predicted molar refractivity (Wildman–Crippen MR) is 75.0 cm³/mol. The summed E-state index contributed by atoms with van der Waals surface area (Å²) in [5.74, 6) is 0.0706. The lowest BCUT2D eigenvalue weighted by Gasteiger charge is -2.43. The summed E-state index contributed by atoms with van der Waals surface area (Å²) in [6, 6.07) is 1.06. The molecule has 0 radical (unpaired) electrons. The van der Waals surface area contributed by atoms with Gasteiger partial charge in [-0.25, -0.2) is 9.78 Å². The second kappa shape index (κ2) is 5.64. The van der Waals surface area contributed by atoms with E-state index in [-0.39, 0.29) is 5.41 Å². The number of anilines is 1. The maximum absolute atomic E-state index is 11.6. The molecule has 20 heavy (non-hydrogen) atoms. The number of rotatable bonds is 4. The van der Waals surface area contributed by atoms with Gasteiger partial charge in [0, 0.05) is 18.8 Å². The van der Waals surface area contributed by atoms with Gasteiger partial charge < -0.3 is 14.7 Å². The molecule has 1 atom stereocenters. The average Bonchev–Trinajstić information content (AvgIpc) is 2.37. The van der Waals surface area contributed by atoms with Crippen LogP contribution in [0, 0.1) is 5.41 Å². The Bertz CT molecular complexity index is 490. The molecule has 0 aromatic carbocycles. The van der Waals surface area contributed by atoms with Crippen LogP contribution < -0.4 is 9.64 Å². The first-order valence-corrected chi connectivity index (χ1v) is 6.91. The Balaban J connectivity index is 2.33. The van der Waals surface area contributed by atoms with Crippen molar-refractivity contribution >= 4 is 11.9 Å². The van der Waals surface area contributed by atoms with E-state index >= 15 is 0 Å². The normalized spacial score (nSPS) is 21.6. The fraction of sp³-hybridized carbons (Fsp3) is 0.643. The minimum atomic E-state index is -0.833. The van der Waals surface area contributed by atoms with Gasteiger partial charge in [-0.3, -0.25) is 0 Å². The molecule has 110 valence electrons. The third-order valence-corrected chi connectivity index (χ3v) is 3.67. The van der Waals surface area contributed by atoms with Crippen LogP contribution in [0.25, 0.3) is 0 Å². The van der Waals surface area contributed by atoms with Crippen LogP contribution in [-0.2, 0) is 4.79 Å². The maximum Gasteiger partial charge on any atom is 0.326 e. The second-order valence-electron chi connectivity index (χ2n) is 5.65. The molecule has 0 amide bonds. The van der Waals surface area contributed by atoms with Crippen LogP contribution in [0.3, 0.4) is 0 Å². The largest absolute Gasteiger partial charge is 0.480 e. The molecule has 1 aliphatic rings. The molecule has 2 heterocycles. The fourth-order valence-electron chi connectivity index (χ4n) is 2.77. The third-order valence-electron chi connectivity index (χ3n) is 3.67. The molecular formula is C14H21N3O3. The first-order chi connectivity index (χ1) is 9.45. The van der Waals surface area contributed by atoms with E-state index in [2.05, 4.69) is 9.97 Å². The highest BCUT2D eigenvalue weighted by Gasteiger charge is 2.43. The van der Waals surface area contributed by atoms with Crippen LogP contribution in [0.4, 0.5) is 5.95 Å². The van der Waals surface area contributed by atoms with E-state index in [1.165, 1.54) is 0 Å². The van der Waals surface area contributed by atoms with Gasteiger partial charge in [0.1, 0.15) is 6.04 Å². The standard InChI is InChI=1S/C14H21N3O3/c1-4-20-10-6-8-15-13(16-10)17-9-5-7-14(2,3)11(17)12(18)19/h6,8,11H,4-5,7,9H2,1-3H3,(H,18,19). The highest BCUT2D eigenvalue weighted by Crippen LogP contribution is 2.37. The molecule has 1 unspecified atom stereocenters. The predicted octanol–water partition coefficient (Wildman–Crippen LogP) is 1.95. The van der Waals surface area contributed by atoms with Crippen molar-refractivity contribution in [2.45, 2.75) is 39.7 Å². The van der Waals surface area contributed by atoms with Gasteiger partial charge >= 0.3 is 5.97 Å². The minimum Gasteiger partial charge on any atom is -0.480 e. The molecule has 1 aliphatic heterocycles. The molecule has 0 saturated carbocycles. The van der Waals surface area contributed by atoms with Gasteiger partial charge in [0.25, 0.3) is 0 Å². The van der Waals surface area contributed by atoms with Gasteiger partial charge in [-0.1, -0.05) is 13.8 Å². The van der Waals surface area contributed by atoms with Gasteiger partial charge in [-0.2, -0.15) is 4.98 Å². The molecule has 6 nitrogen and oxygen atoms in total. The lowest BCUT2D eigenvalue weighted by molar-refractivity contribution is -0.142. The molecule has 0 spiro atoms. The summed E-state index contributed by atoms with van der Waals surface area (Å²) in [7, 11) is 0. The van der Waals surface area contributed by atoms with E-state index in [4.69, 9.17) is 4.74 Å². The number of hydrogen-bond donors (Lipinski definition) is 1. The average molecular weight is 279 g/mol. The van der Waals surface area contributed by atoms with Crippen LogP contribution in [0.2, 0.25) is 0 Å². The number of carboxylic acid groups (broad SMARTS) is 1. The van der Waals surface area contributed by atoms with Gasteiger partial charge in [-0.05, 0) is 25.2 Å². The van der Waals surface area contributed by atoms with Crippen molar-refractivity contribution in [1.82, 2.24) is 9.97 Å². The lowest BCUT2D eigenvalue weighted by Crippen LogP contribution is -2.55. The number of ether oxygens (including phenoxy) is 1. The van der Waals surface area contributed by atoms with E-state index in [0.717, 1.165) is 12.8 Å². The molecule has 2 rings (SSSR count). The Kier molecular flexibility index (Phi) is 4.11. The molecule has 1 fully saturated rings. The van der Waals surface area contributed by atoms with Crippen LogP contribution in [0.15, 0.2) is 12.3 Å². The maximum atomic E-state index is 11.6. The van der Waals surface area contributed by atoms with Crippen LogP contribution in [0.1, 0.15) is 33.6 Å². The summed E-state index contributed by atoms with van der Waals surface area (Å²) in [6.07, 6.45) is 3.42. The van der Waals surface area contributed by atoms with E-state index in [1.54, 1.807) is 17.2 Å². The number of hydrogen-bond acceptors (Lipinski definition) is 5. The van der Waals surface area contributed by atoms with E-state index in [9.17, 15) is 9.90 Å². The van der Waals surface area contributed by atoms with Crippen LogP contribution >= 0.6 is 0 Å². The second-order valence-corrected chi connectivity index (χ2v) is 5.65. The number of nitrogens with zero attached hydrogens (tertiary/aromatic N) is 3. The zero-order valence-corrected chi connectivity index (χ0v) is 12.2. The Morgan fingerprint density at radius 3 is 3.00 bits per heavy atom. The quantitative estimate of drug-likeness (QED) is 0.908. The number of carbonyl (C=O) groups is 1. The van der Waals surface area contributed by atoms with Crippen molar-refractivity contribution in [1.29, 1.82) is 0 Å². The number of aliphatic carboxylic acids is 1. The molecule has 6 heteroatoms. The molecule has 1 aromatic heterocycles. The molecule has 1 saturated heterocycles. The Morgan fingerprint density at radius 1 is 1.60 bits per heavy atom. The lowest BCUT2D eigenvalue weighted by atomic mass is 9.76. The van der Waals surface area contributed by atoms with Crippen molar-refractivity contribution in [2.24, 2.45) is 5.41 Å². The number of carboxylic acids is 1. The summed E-state index contributed by atoms with van der Waals surface area (Å²) in [5, 5.41) is 9.55. The van der Waals surface area contributed by atoms with Crippen molar-refractivity contribution in [3.8, 4) is 5.88 Å². The summed E-state index contributed by atoms with van der Waals surface area (Å²) in [4.78, 5) is 21.9. The van der Waals surface area contributed by atoms with Crippen molar-refractivity contribution in [2.75, 3.05) is 18.1 Å². The Hall–Kier alpha value is -1.85. The molecular weight excluding hydrogens is 258 g/mol. The van der Waals surface area contributed by atoms with E-state index in [0.29, 0.717) is 25.0 Å². The summed E-state index contributed by atoms with van der Waals surface area (Å²) in [5.41, 5.74) is -0.310. The summed E-state index contributed by atoms with van der Waals surface area (Å²) in [6.45, 7) is 7.00. The zero-order chi connectivity index (χ0) is 14.8. The van der Waals surface area contributed by atoms with Crippen LogP contribution in [-0.4, -0.2) is 40.2 Å². The topological polar surface area (TPSA) is 75.5 Å². The highest BCUT2D eigenvalue weighted by molar-refractivity contribution is 5.78. The van der Waals surface area contributed by atoms with E-state index < -0.39 is 12.0 Å². The Labute approximate surface area is 118 Å². The molecule has 0 aliphatic carbocycles. The molecule has 1 aromatic rings. The first-order valence-electron chi connectivity index (χ1n) is 6.91. The van der Waals surface area contributed by atoms with E-state index in [1.807, 2.05) is 20.8 Å². The summed E-state index contributed by atoms with van der Waals surface area (Å²) < 4.78 is 5.36. The first kappa shape index (κ1) is 14.6. The van der Waals surface area contributed by atoms with Crippen LogP contribution in [0.5, 0.6) is 5.88 Å². The number of aromatic nitrogens is 2. The SMILES string of the molecule is CCOc1ccnc(N2CCCC(C)(C)C2C(=O)O)n1. The van der Waals surface area contributed by atoms with Crippen molar-refractivity contribution in [3.05, 3.63) is 12.3 Å².